The van der Waals surface area contributed by atoms with Gasteiger partial charge in [-0.3, -0.25) is 19.7 Å². The fourth-order valence-electron chi connectivity index (χ4n) is 1.76. The summed E-state index contributed by atoms with van der Waals surface area (Å²) in [6.07, 6.45) is 0. The first-order valence-electron chi connectivity index (χ1n) is 7.64. The largest absolute Gasteiger partial charge is 0.497 e. The molecule has 10 nitrogen and oxygen atoms in total. The highest BCUT2D eigenvalue weighted by Crippen LogP contribution is 2.22. The zero-order chi connectivity index (χ0) is 19.5. The van der Waals surface area contributed by atoms with Gasteiger partial charge in [0.05, 0.1) is 14.2 Å². The van der Waals surface area contributed by atoms with Crippen molar-refractivity contribution in [3.8, 4) is 11.5 Å². The minimum atomic E-state index is -0.834. The average Bonchev–Trinajstić information content (AvgIpc) is 2.63. The fraction of sp³-hybridized carbons (Fsp3) is 0.375. The molecule has 0 aromatic heterocycles. The number of hydrogen-bond donors (Lipinski definition) is 3. The number of amides is 4. The number of nitrogens with one attached hydrogen (secondary N) is 3. The number of urea groups is 1. The van der Waals surface area contributed by atoms with Crippen LogP contribution in [0.25, 0.3) is 0 Å². The van der Waals surface area contributed by atoms with Crippen molar-refractivity contribution in [2.24, 2.45) is 0 Å². The van der Waals surface area contributed by atoms with E-state index in [1.807, 2.05) is 5.32 Å². The van der Waals surface area contributed by atoms with Crippen LogP contribution in [0, 0.1) is 0 Å². The zero-order valence-electron chi connectivity index (χ0n) is 14.7. The number of imide groups is 1. The van der Waals surface area contributed by atoms with Crippen molar-refractivity contribution in [1.29, 1.82) is 0 Å². The van der Waals surface area contributed by atoms with Crippen LogP contribution in [0.3, 0.4) is 0 Å². The van der Waals surface area contributed by atoms with Crippen molar-refractivity contribution in [1.82, 2.24) is 16.0 Å². The molecule has 0 unspecified atom stereocenters. The molecule has 0 radical (unpaired) electrons. The maximum absolute atomic E-state index is 12.1. The Morgan fingerprint density at radius 1 is 0.962 bits per heavy atom. The molecule has 26 heavy (non-hydrogen) atoms. The molecule has 0 fully saturated rings. The van der Waals surface area contributed by atoms with E-state index in [0.717, 1.165) is 0 Å². The predicted molar refractivity (Wildman–Crippen MR) is 90.1 cm³/mol. The first-order chi connectivity index (χ1) is 12.4. The summed E-state index contributed by atoms with van der Waals surface area (Å²) in [5.74, 6) is -1.34. The Balaban J connectivity index is 2.46. The van der Waals surface area contributed by atoms with Crippen LogP contribution in [-0.4, -0.2) is 57.7 Å². The van der Waals surface area contributed by atoms with Crippen LogP contribution in [0.1, 0.15) is 17.3 Å². The molecule has 1 rings (SSSR count). The summed E-state index contributed by atoms with van der Waals surface area (Å²) in [6, 6.07) is 3.86. The van der Waals surface area contributed by atoms with Crippen LogP contribution >= 0.6 is 0 Å². The van der Waals surface area contributed by atoms with Gasteiger partial charge in [0.15, 0.2) is 6.61 Å². The molecule has 0 atom stereocenters. The molecule has 0 aliphatic heterocycles. The van der Waals surface area contributed by atoms with Crippen LogP contribution in [0.15, 0.2) is 18.2 Å². The molecule has 4 amide bonds. The minimum absolute atomic E-state index is 0.225. The van der Waals surface area contributed by atoms with Gasteiger partial charge in [-0.25, -0.2) is 4.79 Å². The standard InChI is InChI=1S/C16H21N3O7/c1-4-17-16(23)19-13(20)9-26-14(21)8-18-15(22)10-5-11(24-2)7-12(6-10)25-3/h5-7H,4,8-9H2,1-3H3,(H,18,22)(H2,17,19,20,23). The Labute approximate surface area is 150 Å². The third kappa shape index (κ3) is 7.07. The zero-order valence-corrected chi connectivity index (χ0v) is 14.7. The first-order valence-corrected chi connectivity index (χ1v) is 7.64. The van der Waals surface area contributed by atoms with Crippen molar-refractivity contribution in [3.05, 3.63) is 23.8 Å². The highest BCUT2D eigenvalue weighted by atomic mass is 16.5. The van der Waals surface area contributed by atoms with Gasteiger partial charge in [0.1, 0.15) is 18.0 Å². The first kappa shape index (κ1) is 20.7. The van der Waals surface area contributed by atoms with Crippen molar-refractivity contribution >= 4 is 23.8 Å². The number of benzene rings is 1. The van der Waals surface area contributed by atoms with Gasteiger partial charge in [0.2, 0.25) is 0 Å². The highest BCUT2D eigenvalue weighted by molar-refractivity contribution is 5.97. The van der Waals surface area contributed by atoms with E-state index < -0.39 is 37.0 Å². The van der Waals surface area contributed by atoms with E-state index in [4.69, 9.17) is 9.47 Å². The second kappa shape index (κ2) is 10.5. The number of ether oxygens (including phenoxy) is 3. The average molecular weight is 367 g/mol. The Hall–Kier alpha value is -3.30. The Morgan fingerprint density at radius 3 is 2.12 bits per heavy atom. The number of hydrogen-bond acceptors (Lipinski definition) is 7. The number of methoxy groups -OCH3 is 2. The molecule has 0 heterocycles. The molecule has 1 aromatic carbocycles. The fourth-order valence-corrected chi connectivity index (χ4v) is 1.76. The number of carbonyl (C=O) groups is 4. The normalized spacial score (nSPS) is 9.65. The lowest BCUT2D eigenvalue weighted by Crippen LogP contribution is -2.41. The molecule has 0 aliphatic rings. The van der Waals surface area contributed by atoms with Gasteiger partial charge in [-0.15, -0.1) is 0 Å². The monoisotopic (exact) mass is 367 g/mol. The second-order valence-electron chi connectivity index (χ2n) is 4.85. The minimum Gasteiger partial charge on any atom is -0.497 e. The molecule has 0 spiro atoms. The summed E-state index contributed by atoms with van der Waals surface area (Å²) >= 11 is 0. The van der Waals surface area contributed by atoms with Crippen LogP contribution < -0.4 is 25.4 Å². The maximum atomic E-state index is 12.1. The Kier molecular flexibility index (Phi) is 8.41. The van der Waals surface area contributed by atoms with Crippen LogP contribution in [0.5, 0.6) is 11.5 Å². The topological polar surface area (TPSA) is 132 Å². The van der Waals surface area contributed by atoms with E-state index in [0.29, 0.717) is 18.0 Å². The number of esters is 1. The Morgan fingerprint density at radius 2 is 1.58 bits per heavy atom. The van der Waals surface area contributed by atoms with Gasteiger partial charge in [0.25, 0.3) is 11.8 Å². The molecule has 1 aromatic rings. The second-order valence-corrected chi connectivity index (χ2v) is 4.85. The lowest BCUT2D eigenvalue weighted by Gasteiger charge is -2.09. The van der Waals surface area contributed by atoms with Gasteiger partial charge < -0.3 is 24.8 Å². The molecule has 0 saturated carbocycles. The van der Waals surface area contributed by atoms with Crippen molar-refractivity contribution in [2.45, 2.75) is 6.92 Å². The van der Waals surface area contributed by atoms with Crippen molar-refractivity contribution < 1.29 is 33.4 Å². The molecule has 3 N–H and O–H groups in total. The van der Waals surface area contributed by atoms with Crippen molar-refractivity contribution in [3.63, 3.8) is 0 Å². The summed E-state index contributed by atoms with van der Waals surface area (Å²) in [5.41, 5.74) is 0.225. The van der Waals surface area contributed by atoms with Gasteiger partial charge >= 0.3 is 12.0 Å². The molecule has 0 saturated heterocycles. The van der Waals surface area contributed by atoms with Crippen LogP contribution in [0.2, 0.25) is 0 Å². The number of rotatable bonds is 8. The summed E-state index contributed by atoms with van der Waals surface area (Å²) < 4.78 is 14.8. The summed E-state index contributed by atoms with van der Waals surface area (Å²) in [6.45, 7) is 0.941. The molecule has 10 heteroatoms. The third-order valence-corrected chi connectivity index (χ3v) is 2.96. The Bertz CT molecular complexity index is 654. The van der Waals surface area contributed by atoms with E-state index >= 15 is 0 Å². The van der Waals surface area contributed by atoms with Crippen LogP contribution in [0.4, 0.5) is 4.79 Å². The molecular formula is C16H21N3O7. The molecule has 0 aliphatic carbocycles. The molecular weight excluding hydrogens is 346 g/mol. The lowest BCUT2D eigenvalue weighted by molar-refractivity contribution is -0.147. The van der Waals surface area contributed by atoms with E-state index in [1.54, 1.807) is 13.0 Å². The van der Waals surface area contributed by atoms with Gasteiger partial charge in [-0.1, -0.05) is 0 Å². The van der Waals surface area contributed by atoms with E-state index in [-0.39, 0.29) is 5.56 Å². The predicted octanol–water partition coefficient (Wildman–Crippen LogP) is -0.177. The summed E-state index contributed by atoms with van der Waals surface area (Å²) in [7, 11) is 2.89. The number of carbonyl (C=O) groups excluding carboxylic acids is 4. The smallest absolute Gasteiger partial charge is 0.325 e. The summed E-state index contributed by atoms with van der Waals surface area (Å²) in [4.78, 5) is 46.1. The molecule has 142 valence electrons. The highest BCUT2D eigenvalue weighted by Gasteiger charge is 2.14. The van der Waals surface area contributed by atoms with E-state index in [9.17, 15) is 19.2 Å². The SMILES string of the molecule is CCNC(=O)NC(=O)COC(=O)CNC(=O)c1cc(OC)cc(OC)c1. The third-order valence-electron chi connectivity index (χ3n) is 2.96. The summed E-state index contributed by atoms with van der Waals surface area (Å²) in [5, 5.41) is 6.67. The van der Waals surface area contributed by atoms with E-state index in [1.165, 1.54) is 26.4 Å². The van der Waals surface area contributed by atoms with Gasteiger partial charge in [-0.05, 0) is 19.1 Å². The van der Waals surface area contributed by atoms with Gasteiger partial charge in [0, 0.05) is 18.2 Å². The van der Waals surface area contributed by atoms with Crippen molar-refractivity contribution in [2.75, 3.05) is 33.9 Å². The maximum Gasteiger partial charge on any atom is 0.325 e. The quantitative estimate of drug-likeness (QED) is 0.543. The lowest BCUT2D eigenvalue weighted by atomic mass is 10.2. The van der Waals surface area contributed by atoms with Gasteiger partial charge in [-0.2, -0.15) is 0 Å². The molecule has 0 bridgehead atoms. The van der Waals surface area contributed by atoms with Crippen LogP contribution in [-0.2, 0) is 14.3 Å². The van der Waals surface area contributed by atoms with E-state index in [2.05, 4.69) is 15.4 Å².